The van der Waals surface area contributed by atoms with Gasteiger partial charge in [0.1, 0.15) is 5.60 Å². The largest absolute Gasteiger partial charge is 0.439 e. The predicted octanol–water partition coefficient (Wildman–Crippen LogP) is 3.45. The van der Waals surface area contributed by atoms with Gasteiger partial charge < -0.3 is 4.74 Å². The molecule has 4 aliphatic heterocycles. The van der Waals surface area contributed by atoms with Crippen molar-refractivity contribution in [1.29, 1.82) is 0 Å². The first-order valence-corrected chi connectivity index (χ1v) is 9.05. The maximum atomic E-state index is 12.5. The third kappa shape index (κ3) is 2.31. The molecule has 4 fully saturated rings. The first-order valence-electron chi connectivity index (χ1n) is 8.23. The van der Waals surface area contributed by atoms with Crippen molar-refractivity contribution < 1.29 is 9.53 Å². The van der Waals surface area contributed by atoms with Gasteiger partial charge >= 0.3 is 6.09 Å². The number of aryl methyl sites for hydroxylation is 1. The maximum Gasteiger partial charge on any atom is 0.415 e. The SMILES string of the molecule is Cc1nc2cc(N3C[C@@]4(CN5CCC4CC5)OC3=O)ccc2s1.Cl. The molecule has 1 amide bonds. The summed E-state index contributed by atoms with van der Waals surface area (Å²) >= 11 is 1.68. The third-order valence-corrected chi connectivity index (χ3v) is 6.50. The summed E-state index contributed by atoms with van der Waals surface area (Å²) in [5, 5.41) is 1.05. The van der Waals surface area contributed by atoms with E-state index in [2.05, 4.69) is 16.0 Å². The van der Waals surface area contributed by atoms with Crippen LogP contribution in [0.15, 0.2) is 18.2 Å². The molecule has 0 unspecified atom stereocenters. The number of rotatable bonds is 1. The highest BCUT2D eigenvalue weighted by Crippen LogP contribution is 2.43. The minimum atomic E-state index is -0.305. The molecule has 1 aromatic carbocycles. The first kappa shape index (κ1) is 16.1. The molecule has 24 heavy (non-hydrogen) atoms. The fourth-order valence-corrected chi connectivity index (χ4v) is 5.22. The van der Waals surface area contributed by atoms with E-state index in [9.17, 15) is 4.79 Å². The number of halogens is 1. The van der Waals surface area contributed by atoms with Gasteiger partial charge in [0.25, 0.3) is 0 Å². The van der Waals surface area contributed by atoms with Crippen LogP contribution in [0.1, 0.15) is 17.8 Å². The number of benzene rings is 1. The highest BCUT2D eigenvalue weighted by atomic mass is 35.5. The van der Waals surface area contributed by atoms with E-state index >= 15 is 0 Å². The zero-order chi connectivity index (χ0) is 15.6. The van der Waals surface area contributed by atoms with Crippen molar-refractivity contribution in [3.05, 3.63) is 23.2 Å². The molecule has 128 valence electrons. The molecule has 7 heteroatoms. The van der Waals surface area contributed by atoms with Crippen molar-refractivity contribution in [2.24, 2.45) is 5.92 Å². The number of ether oxygens (including phenoxy) is 1. The second kappa shape index (κ2) is 5.58. The van der Waals surface area contributed by atoms with Gasteiger partial charge in [-0.25, -0.2) is 9.78 Å². The van der Waals surface area contributed by atoms with Crippen LogP contribution in [0.2, 0.25) is 0 Å². The highest BCUT2D eigenvalue weighted by Gasteiger charge is 2.55. The number of carbonyl (C=O) groups is 1. The molecule has 1 atom stereocenters. The Morgan fingerprint density at radius 1 is 1.29 bits per heavy atom. The number of piperidine rings is 3. The zero-order valence-electron chi connectivity index (χ0n) is 13.5. The molecule has 0 N–H and O–H groups in total. The number of amides is 1. The van der Waals surface area contributed by atoms with Crippen molar-refractivity contribution in [3.63, 3.8) is 0 Å². The third-order valence-electron chi connectivity index (χ3n) is 5.55. The lowest BCUT2D eigenvalue weighted by Crippen LogP contribution is -2.61. The van der Waals surface area contributed by atoms with Crippen molar-refractivity contribution in [2.75, 3.05) is 31.1 Å². The van der Waals surface area contributed by atoms with Crippen LogP contribution < -0.4 is 4.90 Å². The molecule has 6 rings (SSSR count). The van der Waals surface area contributed by atoms with Crippen LogP contribution in [0.5, 0.6) is 0 Å². The summed E-state index contributed by atoms with van der Waals surface area (Å²) in [6.45, 7) is 5.86. The molecule has 0 radical (unpaired) electrons. The number of aromatic nitrogens is 1. The normalized spacial score (nSPS) is 31.5. The Bertz CT molecular complexity index is 802. The minimum absolute atomic E-state index is 0. The van der Waals surface area contributed by atoms with E-state index in [0.29, 0.717) is 12.5 Å². The summed E-state index contributed by atoms with van der Waals surface area (Å²) in [6, 6.07) is 6.09. The van der Waals surface area contributed by atoms with Gasteiger partial charge in [0.2, 0.25) is 0 Å². The van der Waals surface area contributed by atoms with Crippen LogP contribution in [0.3, 0.4) is 0 Å². The Kier molecular flexibility index (Phi) is 3.74. The monoisotopic (exact) mass is 365 g/mol. The van der Waals surface area contributed by atoms with Crippen LogP contribution in [-0.4, -0.2) is 47.8 Å². The number of fused-ring (bicyclic) bond motifs is 3. The fourth-order valence-electron chi connectivity index (χ4n) is 4.41. The zero-order valence-corrected chi connectivity index (χ0v) is 15.2. The molecule has 5 nitrogen and oxygen atoms in total. The van der Waals surface area contributed by atoms with Crippen LogP contribution in [0, 0.1) is 12.8 Å². The quantitative estimate of drug-likeness (QED) is 0.776. The standard InChI is InChI=1S/C17H19N3O2S.ClH/c1-11-18-14-8-13(2-3-15(14)23-11)20-10-17(22-16(20)21)9-19-6-4-12(17)5-7-19;/h2-3,8,12H,4-7,9-10H2,1H3;1H/t17-;/m1./s1. The summed E-state index contributed by atoms with van der Waals surface area (Å²) in [6.07, 6.45) is 2.08. The van der Waals surface area contributed by atoms with E-state index in [0.717, 1.165) is 53.4 Å². The van der Waals surface area contributed by atoms with Gasteiger partial charge in [0, 0.05) is 18.2 Å². The van der Waals surface area contributed by atoms with Crippen molar-refractivity contribution in [1.82, 2.24) is 9.88 Å². The Hall–Kier alpha value is -1.37. The molecule has 2 aromatic rings. The Labute approximate surface area is 151 Å². The van der Waals surface area contributed by atoms with E-state index in [-0.39, 0.29) is 24.1 Å². The molecule has 0 saturated carbocycles. The molecule has 0 aliphatic carbocycles. The van der Waals surface area contributed by atoms with E-state index in [4.69, 9.17) is 4.74 Å². The van der Waals surface area contributed by atoms with E-state index in [1.807, 2.05) is 19.1 Å². The van der Waals surface area contributed by atoms with Gasteiger partial charge in [-0.15, -0.1) is 23.7 Å². The lowest BCUT2D eigenvalue weighted by atomic mass is 9.75. The summed E-state index contributed by atoms with van der Waals surface area (Å²) in [5.41, 5.74) is 1.56. The van der Waals surface area contributed by atoms with E-state index < -0.39 is 0 Å². The number of thiazole rings is 1. The van der Waals surface area contributed by atoms with Crippen LogP contribution >= 0.6 is 23.7 Å². The highest BCUT2D eigenvalue weighted by molar-refractivity contribution is 7.18. The summed E-state index contributed by atoms with van der Waals surface area (Å²) in [5.74, 6) is 0.506. The Morgan fingerprint density at radius 3 is 2.79 bits per heavy atom. The lowest BCUT2D eigenvalue weighted by molar-refractivity contribution is -0.0881. The Morgan fingerprint density at radius 2 is 2.08 bits per heavy atom. The van der Waals surface area contributed by atoms with Crippen LogP contribution in [0.25, 0.3) is 10.2 Å². The van der Waals surface area contributed by atoms with Gasteiger partial charge in [-0.05, 0) is 51.1 Å². The molecule has 2 bridgehead atoms. The summed E-state index contributed by atoms with van der Waals surface area (Å²) in [4.78, 5) is 21.3. The van der Waals surface area contributed by atoms with Crippen LogP contribution in [-0.2, 0) is 4.74 Å². The summed E-state index contributed by atoms with van der Waals surface area (Å²) in [7, 11) is 0. The van der Waals surface area contributed by atoms with Crippen molar-refractivity contribution >= 4 is 45.7 Å². The average molecular weight is 366 g/mol. The molecular weight excluding hydrogens is 346 g/mol. The van der Waals surface area contributed by atoms with Gasteiger partial charge in [-0.1, -0.05) is 0 Å². The molecule has 5 heterocycles. The second-order valence-electron chi connectivity index (χ2n) is 6.95. The fraction of sp³-hybridized carbons (Fsp3) is 0.529. The Balaban J connectivity index is 0.00000146. The number of anilines is 1. The lowest BCUT2D eigenvalue weighted by Gasteiger charge is -2.49. The number of nitrogens with zero attached hydrogens (tertiary/aromatic N) is 3. The molecule has 4 saturated heterocycles. The minimum Gasteiger partial charge on any atom is -0.439 e. The van der Waals surface area contributed by atoms with Gasteiger partial charge in [0.05, 0.1) is 21.8 Å². The van der Waals surface area contributed by atoms with Crippen molar-refractivity contribution in [2.45, 2.75) is 25.4 Å². The predicted molar refractivity (Wildman–Crippen MR) is 97.3 cm³/mol. The molecule has 1 aromatic heterocycles. The maximum absolute atomic E-state index is 12.5. The smallest absolute Gasteiger partial charge is 0.415 e. The van der Waals surface area contributed by atoms with Crippen molar-refractivity contribution in [3.8, 4) is 0 Å². The van der Waals surface area contributed by atoms with E-state index in [1.54, 1.807) is 16.2 Å². The van der Waals surface area contributed by atoms with E-state index in [1.165, 1.54) is 0 Å². The molecule has 1 spiro atoms. The summed E-state index contributed by atoms with van der Waals surface area (Å²) < 4.78 is 7.10. The number of carbonyl (C=O) groups excluding carboxylic acids is 1. The first-order chi connectivity index (χ1) is 11.1. The topological polar surface area (TPSA) is 45.7 Å². The molecule has 4 aliphatic rings. The van der Waals surface area contributed by atoms with Gasteiger partial charge in [-0.2, -0.15) is 0 Å². The number of hydrogen-bond donors (Lipinski definition) is 0. The second-order valence-corrected chi connectivity index (χ2v) is 8.19. The molecular formula is C17H20ClN3O2S. The van der Waals surface area contributed by atoms with Gasteiger partial charge in [0.15, 0.2) is 0 Å². The number of hydrogen-bond acceptors (Lipinski definition) is 5. The van der Waals surface area contributed by atoms with Gasteiger partial charge in [-0.3, -0.25) is 9.80 Å². The van der Waals surface area contributed by atoms with Crippen LogP contribution in [0.4, 0.5) is 10.5 Å². The average Bonchev–Trinajstić information content (AvgIpc) is 3.07.